The monoisotopic (exact) mass is 254 g/mol. The Morgan fingerprint density at radius 3 is 2.61 bits per heavy atom. The normalized spacial score (nSPS) is 16.9. The van der Waals surface area contributed by atoms with E-state index in [0.717, 1.165) is 13.1 Å². The zero-order valence-corrected chi connectivity index (χ0v) is 10.5. The first-order valence-corrected chi connectivity index (χ1v) is 5.95. The van der Waals surface area contributed by atoms with Gasteiger partial charge in [0.05, 0.1) is 13.2 Å². The minimum Gasteiger partial charge on any atom is -0.393 e. The molecule has 1 aliphatic heterocycles. The molecule has 1 aromatic rings. The van der Waals surface area contributed by atoms with Crippen LogP contribution in [0, 0.1) is 0 Å². The lowest BCUT2D eigenvalue weighted by atomic mass is 10.4. The second kappa shape index (κ2) is 5.36. The number of hydrogen-bond donors (Lipinski definition) is 1. The van der Waals surface area contributed by atoms with E-state index in [4.69, 9.17) is 10.5 Å². The van der Waals surface area contributed by atoms with Crippen molar-refractivity contribution in [3.05, 3.63) is 27.0 Å². The summed E-state index contributed by atoms with van der Waals surface area (Å²) in [7, 11) is 1.59. The van der Waals surface area contributed by atoms with E-state index in [1.807, 2.05) is 0 Å². The third-order valence-corrected chi connectivity index (χ3v) is 3.10. The summed E-state index contributed by atoms with van der Waals surface area (Å²) in [6, 6.07) is 0. The number of nitrogens with zero attached hydrogens (tertiary/aromatic N) is 3. The van der Waals surface area contributed by atoms with Crippen LogP contribution in [0.2, 0.25) is 0 Å². The van der Waals surface area contributed by atoms with Crippen LogP contribution < -0.4 is 17.0 Å². The molecule has 7 nitrogen and oxygen atoms in total. The molecule has 0 bridgehead atoms. The van der Waals surface area contributed by atoms with E-state index in [-0.39, 0.29) is 11.4 Å². The molecule has 2 N–H and O–H groups in total. The van der Waals surface area contributed by atoms with Gasteiger partial charge in [0, 0.05) is 39.4 Å². The Bertz CT molecular complexity index is 494. The summed E-state index contributed by atoms with van der Waals surface area (Å²) in [6.07, 6.45) is 1.36. The van der Waals surface area contributed by atoms with Crippen molar-refractivity contribution in [1.29, 1.82) is 0 Å². The predicted molar refractivity (Wildman–Crippen MR) is 67.6 cm³/mol. The van der Waals surface area contributed by atoms with E-state index in [9.17, 15) is 9.59 Å². The highest BCUT2D eigenvalue weighted by molar-refractivity contribution is 5.30. The molecule has 2 rings (SSSR count). The fraction of sp³-hybridized carbons (Fsp3) is 0.636. The maximum Gasteiger partial charge on any atom is 0.330 e. The van der Waals surface area contributed by atoms with Crippen molar-refractivity contribution in [2.24, 2.45) is 7.05 Å². The van der Waals surface area contributed by atoms with Crippen LogP contribution >= 0.6 is 0 Å². The van der Waals surface area contributed by atoms with Crippen LogP contribution in [0.15, 0.2) is 15.8 Å². The van der Waals surface area contributed by atoms with Crippen LogP contribution in [-0.2, 0) is 18.3 Å². The van der Waals surface area contributed by atoms with Crippen molar-refractivity contribution in [3.63, 3.8) is 0 Å². The molecule has 1 aliphatic rings. The molecule has 0 atom stereocenters. The quantitative estimate of drug-likeness (QED) is 0.707. The summed E-state index contributed by atoms with van der Waals surface area (Å²) in [5, 5.41) is 0. The molecule has 1 fully saturated rings. The van der Waals surface area contributed by atoms with E-state index in [0.29, 0.717) is 26.3 Å². The topological polar surface area (TPSA) is 82.5 Å². The molecule has 0 aromatic carbocycles. The van der Waals surface area contributed by atoms with Crippen molar-refractivity contribution >= 4 is 5.69 Å². The van der Waals surface area contributed by atoms with Gasteiger partial charge in [0.25, 0.3) is 5.56 Å². The van der Waals surface area contributed by atoms with Gasteiger partial charge in [-0.25, -0.2) is 4.79 Å². The average Bonchev–Trinajstić information content (AvgIpc) is 2.38. The van der Waals surface area contributed by atoms with Crippen LogP contribution in [-0.4, -0.2) is 46.9 Å². The highest BCUT2D eigenvalue weighted by atomic mass is 16.5. The van der Waals surface area contributed by atoms with Crippen LogP contribution in [0.3, 0.4) is 0 Å². The van der Waals surface area contributed by atoms with Crippen molar-refractivity contribution < 1.29 is 4.74 Å². The van der Waals surface area contributed by atoms with Crippen molar-refractivity contribution in [1.82, 2.24) is 14.0 Å². The van der Waals surface area contributed by atoms with Crippen LogP contribution in [0.1, 0.15) is 0 Å². The molecule has 0 amide bonds. The Balaban J connectivity index is 2.13. The Morgan fingerprint density at radius 1 is 1.28 bits per heavy atom. The minimum absolute atomic E-state index is 0.0964. The van der Waals surface area contributed by atoms with Gasteiger partial charge >= 0.3 is 5.69 Å². The highest BCUT2D eigenvalue weighted by Crippen LogP contribution is 1.96. The van der Waals surface area contributed by atoms with Crippen molar-refractivity contribution in [2.75, 3.05) is 38.6 Å². The molecule has 2 heterocycles. The van der Waals surface area contributed by atoms with E-state index < -0.39 is 5.56 Å². The summed E-state index contributed by atoms with van der Waals surface area (Å²) < 4.78 is 7.76. The fourth-order valence-corrected chi connectivity index (χ4v) is 2.02. The van der Waals surface area contributed by atoms with E-state index >= 15 is 0 Å². The number of morpholine rings is 1. The van der Waals surface area contributed by atoms with Gasteiger partial charge < -0.3 is 15.0 Å². The van der Waals surface area contributed by atoms with E-state index in [1.54, 1.807) is 7.05 Å². The summed E-state index contributed by atoms with van der Waals surface area (Å²) in [6.45, 7) is 4.07. The molecule has 1 saturated heterocycles. The van der Waals surface area contributed by atoms with Gasteiger partial charge in [-0.05, 0) is 0 Å². The van der Waals surface area contributed by atoms with Gasteiger partial charge in [0.1, 0.15) is 5.69 Å². The molecule has 0 spiro atoms. The first-order valence-electron chi connectivity index (χ1n) is 5.95. The first kappa shape index (κ1) is 12.8. The maximum absolute atomic E-state index is 11.8. The molecule has 1 aromatic heterocycles. The number of aryl methyl sites for hydroxylation is 1. The van der Waals surface area contributed by atoms with Crippen molar-refractivity contribution in [2.45, 2.75) is 6.54 Å². The number of nitrogens with two attached hydrogens (primary N) is 1. The van der Waals surface area contributed by atoms with Crippen molar-refractivity contribution in [3.8, 4) is 0 Å². The maximum atomic E-state index is 11.8. The number of rotatable bonds is 3. The standard InChI is InChI=1S/C11H18N4O3/c1-13-8-9(12)10(16)15(11(13)17)3-2-14-4-6-18-7-5-14/h8H,2-7,12H2,1H3. The van der Waals surface area contributed by atoms with Crippen LogP contribution in [0.4, 0.5) is 5.69 Å². The summed E-state index contributed by atoms with van der Waals surface area (Å²) in [5.74, 6) is 0. The average molecular weight is 254 g/mol. The molecule has 0 unspecified atom stereocenters. The van der Waals surface area contributed by atoms with Gasteiger partial charge in [-0.1, -0.05) is 0 Å². The Kier molecular flexibility index (Phi) is 3.83. The van der Waals surface area contributed by atoms with Crippen LogP contribution in [0.5, 0.6) is 0 Å². The van der Waals surface area contributed by atoms with Crippen LogP contribution in [0.25, 0.3) is 0 Å². The summed E-state index contributed by atoms with van der Waals surface area (Å²) in [4.78, 5) is 25.8. The van der Waals surface area contributed by atoms with E-state index in [1.165, 1.54) is 15.3 Å². The third kappa shape index (κ3) is 2.62. The lowest BCUT2D eigenvalue weighted by Crippen LogP contribution is -2.44. The van der Waals surface area contributed by atoms with Gasteiger partial charge in [0.15, 0.2) is 0 Å². The largest absolute Gasteiger partial charge is 0.393 e. The SMILES string of the molecule is Cn1cc(N)c(=O)n(CCN2CCOCC2)c1=O. The van der Waals surface area contributed by atoms with E-state index in [2.05, 4.69) is 4.90 Å². The molecule has 7 heteroatoms. The second-order valence-electron chi connectivity index (χ2n) is 4.39. The number of aromatic nitrogens is 2. The third-order valence-electron chi connectivity index (χ3n) is 3.10. The number of nitrogen functional groups attached to an aromatic ring is 1. The summed E-state index contributed by atoms with van der Waals surface area (Å²) in [5.41, 5.74) is 4.93. The summed E-state index contributed by atoms with van der Waals surface area (Å²) >= 11 is 0. The van der Waals surface area contributed by atoms with Gasteiger partial charge in [-0.15, -0.1) is 0 Å². The van der Waals surface area contributed by atoms with Gasteiger partial charge in [-0.2, -0.15) is 0 Å². The van der Waals surface area contributed by atoms with Gasteiger partial charge in [0.2, 0.25) is 0 Å². The fourth-order valence-electron chi connectivity index (χ4n) is 2.02. The molecule has 100 valence electrons. The number of anilines is 1. The highest BCUT2D eigenvalue weighted by Gasteiger charge is 2.12. The zero-order valence-electron chi connectivity index (χ0n) is 10.5. The Hall–Kier alpha value is -1.60. The zero-order chi connectivity index (χ0) is 13.1. The lowest BCUT2D eigenvalue weighted by Gasteiger charge is -2.26. The molecule has 0 radical (unpaired) electrons. The molecule has 18 heavy (non-hydrogen) atoms. The lowest BCUT2D eigenvalue weighted by molar-refractivity contribution is 0.0361. The number of ether oxygens (including phenoxy) is 1. The predicted octanol–water partition coefficient (Wildman–Crippen LogP) is -1.54. The number of hydrogen-bond acceptors (Lipinski definition) is 5. The molecular weight excluding hydrogens is 236 g/mol. The molecule has 0 saturated carbocycles. The van der Waals surface area contributed by atoms with Gasteiger partial charge in [-0.3, -0.25) is 14.3 Å². The Labute approximate surface area is 104 Å². The second-order valence-corrected chi connectivity index (χ2v) is 4.39. The smallest absolute Gasteiger partial charge is 0.330 e. The Morgan fingerprint density at radius 2 is 1.94 bits per heavy atom. The molecular formula is C11H18N4O3. The first-order chi connectivity index (χ1) is 8.59. The molecule has 0 aliphatic carbocycles. The minimum atomic E-state index is -0.411.